The fourth-order valence-corrected chi connectivity index (χ4v) is 3.42. The van der Waals surface area contributed by atoms with Crippen LogP contribution < -0.4 is 0 Å². The van der Waals surface area contributed by atoms with Crippen LogP contribution in [0.1, 0.15) is 12.1 Å². The smallest absolute Gasteiger partial charge is 0.303 e. The summed E-state index contributed by atoms with van der Waals surface area (Å²) in [5.41, 5.74) is 2.68. The van der Waals surface area contributed by atoms with Gasteiger partial charge >= 0.3 is 5.97 Å². The number of rotatable bonds is 4. The number of carbonyl (C=O) groups is 1. The molecule has 2 heterocycles. The molecule has 3 rings (SSSR count). The van der Waals surface area contributed by atoms with Crippen molar-refractivity contribution in [2.24, 2.45) is 0 Å². The molecule has 0 aliphatic heterocycles. The lowest BCUT2D eigenvalue weighted by Gasteiger charge is -2.04. The monoisotopic (exact) mass is 362 g/mol. The number of aromatic nitrogens is 2. The number of nitrogens with zero attached hydrogens (tertiary/aromatic N) is 2. The largest absolute Gasteiger partial charge is 0.481 e. The van der Waals surface area contributed by atoms with Crippen LogP contribution in [0.5, 0.6) is 0 Å². The van der Waals surface area contributed by atoms with Crippen molar-refractivity contribution < 1.29 is 9.90 Å². The zero-order chi connectivity index (χ0) is 14.8. The number of fused-ring (bicyclic) bond motifs is 1. The highest BCUT2D eigenvalue weighted by molar-refractivity contribution is 9.10. The molecule has 0 aliphatic rings. The summed E-state index contributed by atoms with van der Waals surface area (Å²) in [6.07, 6.45) is 2.31. The Kier molecular flexibility index (Phi) is 3.98. The van der Waals surface area contributed by atoms with E-state index in [2.05, 4.69) is 25.9 Å². The van der Waals surface area contributed by atoms with Crippen molar-refractivity contribution in [1.82, 2.24) is 9.97 Å². The van der Waals surface area contributed by atoms with Gasteiger partial charge in [-0.1, -0.05) is 22.0 Å². The number of carboxylic acids is 1. The molecule has 0 amide bonds. The Hall–Kier alpha value is -1.79. The third kappa shape index (κ3) is 2.96. The maximum Gasteiger partial charge on any atom is 0.303 e. The number of pyridine rings is 1. The van der Waals surface area contributed by atoms with Crippen LogP contribution in [0.4, 0.5) is 0 Å². The van der Waals surface area contributed by atoms with E-state index in [1.54, 1.807) is 6.20 Å². The molecule has 3 aromatic rings. The SMILES string of the molecule is O=C(O)CCc1csc(-c2ccc(Br)c3cccnc23)n1. The molecule has 1 N–H and O–H groups in total. The van der Waals surface area contributed by atoms with Crippen molar-refractivity contribution >= 4 is 44.1 Å². The number of hydrogen-bond donors (Lipinski definition) is 1. The molecular formula is C15H11BrN2O2S. The van der Waals surface area contributed by atoms with Crippen molar-refractivity contribution in [3.05, 3.63) is 46.0 Å². The first-order chi connectivity index (χ1) is 10.1. The highest BCUT2D eigenvalue weighted by Gasteiger charge is 2.11. The second-order valence-electron chi connectivity index (χ2n) is 4.53. The van der Waals surface area contributed by atoms with E-state index >= 15 is 0 Å². The molecule has 1 aromatic carbocycles. The Bertz CT molecular complexity index is 816. The fourth-order valence-electron chi connectivity index (χ4n) is 2.09. The van der Waals surface area contributed by atoms with E-state index in [4.69, 9.17) is 5.11 Å². The van der Waals surface area contributed by atoms with Gasteiger partial charge < -0.3 is 5.11 Å². The third-order valence-corrected chi connectivity index (χ3v) is 4.71. The second-order valence-corrected chi connectivity index (χ2v) is 6.24. The van der Waals surface area contributed by atoms with E-state index in [0.29, 0.717) is 6.42 Å². The second kappa shape index (κ2) is 5.91. The maximum atomic E-state index is 10.6. The molecule has 0 spiro atoms. The van der Waals surface area contributed by atoms with E-state index in [9.17, 15) is 4.79 Å². The van der Waals surface area contributed by atoms with E-state index in [-0.39, 0.29) is 6.42 Å². The minimum atomic E-state index is -0.805. The number of aryl methyl sites for hydroxylation is 1. The summed E-state index contributed by atoms with van der Waals surface area (Å²) in [6, 6.07) is 7.88. The molecule has 0 radical (unpaired) electrons. The lowest BCUT2D eigenvalue weighted by atomic mass is 10.1. The van der Waals surface area contributed by atoms with Crippen LogP contribution in [0.3, 0.4) is 0 Å². The molecule has 0 aliphatic carbocycles. The Morgan fingerprint density at radius 1 is 1.33 bits per heavy atom. The summed E-state index contributed by atoms with van der Waals surface area (Å²) in [6.45, 7) is 0. The van der Waals surface area contributed by atoms with Gasteiger partial charge in [-0.2, -0.15) is 0 Å². The van der Waals surface area contributed by atoms with Crippen LogP contribution in [-0.4, -0.2) is 21.0 Å². The topological polar surface area (TPSA) is 63.1 Å². The van der Waals surface area contributed by atoms with Gasteiger partial charge in [0.2, 0.25) is 0 Å². The zero-order valence-electron chi connectivity index (χ0n) is 10.9. The summed E-state index contributed by atoms with van der Waals surface area (Å²) >= 11 is 5.04. The fraction of sp³-hybridized carbons (Fsp3) is 0.133. The van der Waals surface area contributed by atoms with Crippen LogP contribution in [0, 0.1) is 0 Å². The number of thiazole rings is 1. The van der Waals surface area contributed by atoms with Gasteiger partial charge in [0.1, 0.15) is 5.01 Å². The Balaban J connectivity index is 2.01. The molecular weight excluding hydrogens is 352 g/mol. The van der Waals surface area contributed by atoms with Crippen LogP contribution >= 0.6 is 27.3 Å². The minimum absolute atomic E-state index is 0.0997. The van der Waals surface area contributed by atoms with Gasteiger partial charge in [0.15, 0.2) is 0 Å². The van der Waals surface area contributed by atoms with Crippen molar-refractivity contribution in [1.29, 1.82) is 0 Å². The van der Waals surface area contributed by atoms with Crippen molar-refractivity contribution in [3.8, 4) is 10.6 Å². The van der Waals surface area contributed by atoms with Gasteiger partial charge in [0, 0.05) is 33.4 Å². The molecule has 0 atom stereocenters. The summed E-state index contributed by atoms with van der Waals surface area (Å²) in [5.74, 6) is -0.805. The molecule has 6 heteroatoms. The molecule has 21 heavy (non-hydrogen) atoms. The number of carboxylic acid groups (broad SMARTS) is 1. The molecule has 2 aromatic heterocycles. The van der Waals surface area contributed by atoms with Gasteiger partial charge in [0.05, 0.1) is 17.6 Å². The molecule has 0 saturated carbocycles. The van der Waals surface area contributed by atoms with Crippen molar-refractivity contribution in [2.45, 2.75) is 12.8 Å². The van der Waals surface area contributed by atoms with Crippen molar-refractivity contribution in [2.75, 3.05) is 0 Å². The summed E-state index contributed by atoms with van der Waals surface area (Å²) < 4.78 is 0.997. The van der Waals surface area contributed by atoms with E-state index in [0.717, 1.165) is 31.6 Å². The van der Waals surface area contributed by atoms with Gasteiger partial charge in [-0.15, -0.1) is 11.3 Å². The minimum Gasteiger partial charge on any atom is -0.481 e. The van der Waals surface area contributed by atoms with Gasteiger partial charge in [-0.05, 0) is 18.2 Å². The average Bonchev–Trinajstić information content (AvgIpc) is 2.94. The van der Waals surface area contributed by atoms with Crippen LogP contribution in [-0.2, 0) is 11.2 Å². The average molecular weight is 363 g/mol. The molecule has 0 bridgehead atoms. The lowest BCUT2D eigenvalue weighted by molar-refractivity contribution is -0.136. The number of halogens is 1. The lowest BCUT2D eigenvalue weighted by Crippen LogP contribution is -1.97. The maximum absolute atomic E-state index is 10.6. The Labute approximate surface area is 133 Å². The van der Waals surface area contributed by atoms with Crippen LogP contribution in [0.25, 0.3) is 21.5 Å². The first-order valence-corrected chi connectivity index (χ1v) is 8.02. The highest BCUT2D eigenvalue weighted by atomic mass is 79.9. The van der Waals surface area contributed by atoms with E-state index in [1.165, 1.54) is 11.3 Å². The van der Waals surface area contributed by atoms with Gasteiger partial charge in [-0.25, -0.2) is 4.98 Å². The molecule has 4 nitrogen and oxygen atoms in total. The van der Waals surface area contributed by atoms with Crippen LogP contribution in [0.15, 0.2) is 40.3 Å². The van der Waals surface area contributed by atoms with Gasteiger partial charge in [-0.3, -0.25) is 9.78 Å². The predicted octanol–water partition coefficient (Wildman–Crippen LogP) is 4.14. The first-order valence-electron chi connectivity index (χ1n) is 6.35. The Morgan fingerprint density at radius 3 is 3.00 bits per heavy atom. The highest BCUT2D eigenvalue weighted by Crippen LogP contribution is 2.33. The third-order valence-electron chi connectivity index (χ3n) is 3.09. The standard InChI is InChI=1S/C15H11BrN2O2S/c16-12-5-4-11(14-10(12)2-1-7-17-14)15-18-9(8-21-15)3-6-13(19)20/h1-2,4-5,7-8H,3,6H2,(H,19,20). The molecule has 106 valence electrons. The quantitative estimate of drug-likeness (QED) is 0.757. The summed E-state index contributed by atoms with van der Waals surface area (Å²) in [5, 5.41) is 12.5. The predicted molar refractivity (Wildman–Crippen MR) is 86.5 cm³/mol. The normalized spacial score (nSPS) is 10.9. The van der Waals surface area contributed by atoms with Crippen LogP contribution in [0.2, 0.25) is 0 Å². The summed E-state index contributed by atoms with van der Waals surface area (Å²) in [4.78, 5) is 19.6. The molecule has 0 saturated heterocycles. The molecule has 0 fully saturated rings. The van der Waals surface area contributed by atoms with Gasteiger partial charge in [0.25, 0.3) is 0 Å². The molecule has 0 unspecified atom stereocenters. The van der Waals surface area contributed by atoms with E-state index in [1.807, 2.05) is 29.6 Å². The van der Waals surface area contributed by atoms with Crippen molar-refractivity contribution in [3.63, 3.8) is 0 Å². The van der Waals surface area contributed by atoms with E-state index < -0.39 is 5.97 Å². The number of hydrogen-bond acceptors (Lipinski definition) is 4. The zero-order valence-corrected chi connectivity index (χ0v) is 13.3. The summed E-state index contributed by atoms with van der Waals surface area (Å²) in [7, 11) is 0. The number of benzene rings is 1. The number of aliphatic carboxylic acids is 1. The Morgan fingerprint density at radius 2 is 2.19 bits per heavy atom. The first kappa shape index (κ1) is 14.2.